The minimum atomic E-state index is -0.547. The third-order valence-corrected chi connectivity index (χ3v) is 5.16. The highest BCUT2D eigenvalue weighted by Crippen LogP contribution is 2.38. The van der Waals surface area contributed by atoms with Crippen molar-refractivity contribution < 1.29 is 19.2 Å². The summed E-state index contributed by atoms with van der Waals surface area (Å²) in [5.74, 6) is 0. The molecule has 0 spiro atoms. The maximum absolute atomic E-state index is 9.76. The van der Waals surface area contributed by atoms with Crippen molar-refractivity contribution in [2.24, 2.45) is 0 Å². The first-order valence-electron chi connectivity index (χ1n) is 8.65. The smallest absolute Gasteiger partial charge is 0.400 e. The molecule has 132 valence electrons. The fourth-order valence-electron chi connectivity index (χ4n) is 2.91. The lowest BCUT2D eigenvalue weighted by Crippen LogP contribution is -2.41. The molecule has 3 heterocycles. The monoisotopic (exact) mass is 334 g/mol. The molecule has 1 atom stereocenters. The van der Waals surface area contributed by atoms with Crippen molar-refractivity contribution in [3.8, 4) is 0 Å². The molecular formula is C17H27BN2O4. The minimum Gasteiger partial charge on any atom is -0.400 e. The Bertz CT molecular complexity index is 589. The number of nitrogens with zero attached hydrogens (tertiary/aromatic N) is 2. The van der Waals surface area contributed by atoms with Crippen LogP contribution in [0.5, 0.6) is 0 Å². The molecule has 0 aromatic carbocycles. The Morgan fingerprint density at radius 1 is 1.33 bits per heavy atom. The van der Waals surface area contributed by atoms with Crippen molar-refractivity contribution in [3.63, 3.8) is 0 Å². The zero-order chi connectivity index (χ0) is 17.4. The van der Waals surface area contributed by atoms with Gasteiger partial charge in [-0.3, -0.25) is 0 Å². The van der Waals surface area contributed by atoms with Crippen LogP contribution in [0.1, 0.15) is 58.7 Å². The first-order valence-corrected chi connectivity index (χ1v) is 8.65. The molecular weight excluding hydrogens is 307 g/mol. The Hall–Kier alpha value is -1.15. The van der Waals surface area contributed by atoms with Crippen LogP contribution in [0.25, 0.3) is 6.08 Å². The molecule has 0 saturated carbocycles. The second kappa shape index (κ2) is 6.63. The lowest BCUT2D eigenvalue weighted by molar-refractivity contribution is -0.0394. The van der Waals surface area contributed by atoms with Crippen LogP contribution >= 0.6 is 0 Å². The van der Waals surface area contributed by atoms with E-state index in [1.54, 1.807) is 6.20 Å². The van der Waals surface area contributed by atoms with E-state index in [1.807, 2.05) is 44.6 Å². The Balaban J connectivity index is 1.75. The van der Waals surface area contributed by atoms with Crippen LogP contribution in [0.3, 0.4) is 0 Å². The first-order chi connectivity index (χ1) is 11.3. The van der Waals surface area contributed by atoms with Crippen molar-refractivity contribution in [1.29, 1.82) is 0 Å². The van der Waals surface area contributed by atoms with E-state index in [4.69, 9.17) is 14.0 Å². The van der Waals surface area contributed by atoms with Gasteiger partial charge in [-0.2, -0.15) is 5.10 Å². The third-order valence-electron chi connectivity index (χ3n) is 5.16. The maximum Gasteiger partial charge on any atom is 0.492 e. The maximum atomic E-state index is 9.76. The molecule has 2 fully saturated rings. The average molecular weight is 334 g/mol. The molecule has 1 N–H and O–H groups in total. The summed E-state index contributed by atoms with van der Waals surface area (Å²) in [4.78, 5) is 0. The van der Waals surface area contributed by atoms with Crippen LogP contribution in [0.4, 0.5) is 0 Å². The second-order valence-corrected chi connectivity index (χ2v) is 7.54. The Morgan fingerprint density at radius 3 is 2.62 bits per heavy atom. The van der Waals surface area contributed by atoms with Crippen molar-refractivity contribution in [2.75, 3.05) is 13.2 Å². The molecule has 6 nitrogen and oxygen atoms in total. The van der Waals surface area contributed by atoms with Gasteiger partial charge >= 0.3 is 7.12 Å². The Labute approximate surface area is 143 Å². The highest BCUT2D eigenvalue weighted by atomic mass is 16.7. The number of aliphatic hydroxyl groups is 1. The van der Waals surface area contributed by atoms with Crippen molar-refractivity contribution in [2.45, 2.75) is 64.4 Å². The van der Waals surface area contributed by atoms with Crippen molar-refractivity contribution in [3.05, 3.63) is 23.4 Å². The zero-order valence-corrected chi connectivity index (χ0v) is 15.0. The standard InChI is InChI=1S/C17H27BN2O4/c1-16(2)17(3,4)24-18(23-16)14(12-21)9-13-10-19-20(11-13)15-7-5-6-8-22-15/h9-11,15,21H,5-8,12H2,1-4H3/t15-/m0/s1. The fraction of sp³-hybridized carbons (Fsp3) is 0.706. The van der Waals surface area contributed by atoms with Gasteiger partial charge in [-0.25, -0.2) is 4.68 Å². The largest absolute Gasteiger partial charge is 0.492 e. The highest BCUT2D eigenvalue weighted by molar-refractivity contribution is 6.55. The average Bonchev–Trinajstić information content (AvgIpc) is 3.08. The van der Waals surface area contributed by atoms with Crippen LogP contribution in [-0.2, 0) is 14.0 Å². The first kappa shape index (κ1) is 17.7. The molecule has 0 bridgehead atoms. The SMILES string of the molecule is CC1(C)OB(C(=Cc2cnn([C@@H]3CCCCO3)c2)CO)OC1(C)C. The van der Waals surface area contributed by atoms with Gasteiger partial charge in [-0.1, -0.05) is 6.08 Å². The lowest BCUT2D eigenvalue weighted by Gasteiger charge is -2.32. The summed E-state index contributed by atoms with van der Waals surface area (Å²) in [5.41, 5.74) is 0.749. The molecule has 24 heavy (non-hydrogen) atoms. The summed E-state index contributed by atoms with van der Waals surface area (Å²) in [7, 11) is -0.547. The van der Waals surface area contributed by atoms with E-state index < -0.39 is 18.3 Å². The molecule has 2 aliphatic rings. The molecule has 3 rings (SSSR count). The van der Waals surface area contributed by atoms with Gasteiger partial charge in [0.2, 0.25) is 0 Å². The van der Waals surface area contributed by atoms with Gasteiger partial charge in [0.25, 0.3) is 0 Å². The minimum absolute atomic E-state index is 0.00956. The molecule has 2 saturated heterocycles. The molecule has 0 aliphatic carbocycles. The summed E-state index contributed by atoms with van der Waals surface area (Å²) >= 11 is 0. The predicted octanol–water partition coefficient (Wildman–Crippen LogP) is 2.59. The van der Waals surface area contributed by atoms with Crippen LogP contribution in [0.15, 0.2) is 17.9 Å². The van der Waals surface area contributed by atoms with Crippen LogP contribution < -0.4 is 0 Å². The van der Waals surface area contributed by atoms with E-state index in [0.29, 0.717) is 5.47 Å². The van der Waals surface area contributed by atoms with E-state index in [1.165, 1.54) is 0 Å². The summed E-state index contributed by atoms with van der Waals surface area (Å²) in [6.07, 6.45) is 8.86. The molecule has 1 aromatic heterocycles. The van der Waals surface area contributed by atoms with Gasteiger partial charge in [0.05, 0.1) is 24.0 Å². The van der Waals surface area contributed by atoms with Crippen LogP contribution in [0.2, 0.25) is 0 Å². The van der Waals surface area contributed by atoms with Crippen molar-refractivity contribution >= 4 is 13.2 Å². The normalized spacial score (nSPS) is 26.8. The van der Waals surface area contributed by atoms with Crippen LogP contribution in [0, 0.1) is 0 Å². The summed E-state index contributed by atoms with van der Waals surface area (Å²) in [5, 5.41) is 14.2. The van der Waals surface area contributed by atoms with E-state index in [2.05, 4.69) is 5.10 Å². The molecule has 0 radical (unpaired) electrons. The second-order valence-electron chi connectivity index (χ2n) is 7.54. The summed E-state index contributed by atoms with van der Waals surface area (Å²) in [6.45, 7) is 8.66. The Morgan fingerprint density at radius 2 is 2.04 bits per heavy atom. The van der Waals surface area contributed by atoms with Gasteiger partial charge < -0.3 is 19.2 Å². The number of rotatable bonds is 4. The molecule has 1 aromatic rings. The predicted molar refractivity (Wildman–Crippen MR) is 92.2 cm³/mol. The number of aliphatic hydroxyl groups excluding tert-OH is 1. The van der Waals surface area contributed by atoms with E-state index >= 15 is 0 Å². The molecule has 0 amide bonds. The summed E-state index contributed by atoms with van der Waals surface area (Å²) < 4.78 is 19.6. The molecule has 2 aliphatic heterocycles. The van der Waals surface area contributed by atoms with Gasteiger partial charge in [-0.05, 0) is 52.4 Å². The Kier molecular flexibility index (Phi) is 4.88. The quantitative estimate of drug-likeness (QED) is 0.858. The topological polar surface area (TPSA) is 65.7 Å². The van der Waals surface area contributed by atoms with E-state index in [0.717, 1.165) is 31.4 Å². The number of hydrogen-bond donors (Lipinski definition) is 1. The number of hydrogen-bond acceptors (Lipinski definition) is 5. The number of aromatic nitrogens is 2. The summed E-state index contributed by atoms with van der Waals surface area (Å²) in [6, 6.07) is 0. The van der Waals surface area contributed by atoms with Crippen LogP contribution in [-0.4, -0.2) is 46.4 Å². The van der Waals surface area contributed by atoms with Gasteiger partial charge in [0, 0.05) is 18.4 Å². The highest BCUT2D eigenvalue weighted by Gasteiger charge is 2.52. The van der Waals surface area contributed by atoms with Gasteiger partial charge in [0.1, 0.15) is 6.23 Å². The molecule has 7 heteroatoms. The fourth-order valence-corrected chi connectivity index (χ4v) is 2.91. The number of ether oxygens (including phenoxy) is 1. The van der Waals surface area contributed by atoms with Gasteiger partial charge in [-0.15, -0.1) is 0 Å². The molecule has 0 unspecified atom stereocenters. The lowest BCUT2D eigenvalue weighted by atomic mass is 9.78. The van der Waals surface area contributed by atoms with Crippen molar-refractivity contribution in [1.82, 2.24) is 9.78 Å². The van der Waals surface area contributed by atoms with Gasteiger partial charge in [0.15, 0.2) is 0 Å². The van der Waals surface area contributed by atoms with E-state index in [9.17, 15) is 5.11 Å². The van der Waals surface area contributed by atoms with E-state index in [-0.39, 0.29) is 12.8 Å². The zero-order valence-electron chi connectivity index (χ0n) is 15.0. The third kappa shape index (κ3) is 3.44.